The molecule has 5 N–H and O–H groups in total. The number of rotatable bonds is 8. The van der Waals surface area contributed by atoms with Gasteiger partial charge in [0.1, 0.15) is 24.7 Å². The number of hydrogen-bond acceptors (Lipinski definition) is 9. The van der Waals surface area contributed by atoms with Crippen molar-refractivity contribution in [2.45, 2.75) is 50.7 Å². The number of aliphatic hydroxyl groups is 2. The van der Waals surface area contributed by atoms with Crippen molar-refractivity contribution in [2.24, 2.45) is 5.92 Å². The molecular formula is C17H26N5O7P. The van der Waals surface area contributed by atoms with Gasteiger partial charge in [-0.2, -0.15) is 4.68 Å². The lowest BCUT2D eigenvalue weighted by Crippen LogP contribution is -2.34. The van der Waals surface area contributed by atoms with Gasteiger partial charge in [-0.15, -0.1) is 5.10 Å². The fourth-order valence-corrected chi connectivity index (χ4v) is 4.00. The molecule has 2 fully saturated rings. The predicted molar refractivity (Wildman–Crippen MR) is 105 cm³/mol. The average molecular weight is 443 g/mol. The van der Waals surface area contributed by atoms with Crippen molar-refractivity contribution in [3.05, 3.63) is 11.8 Å². The molecule has 0 aromatic carbocycles. The van der Waals surface area contributed by atoms with Crippen molar-refractivity contribution >= 4 is 24.4 Å². The predicted octanol–water partition coefficient (Wildman–Crippen LogP) is 0.118. The Labute approximate surface area is 172 Å². The highest BCUT2D eigenvalue weighted by Gasteiger charge is 2.45. The molecule has 2 aromatic heterocycles. The van der Waals surface area contributed by atoms with Crippen LogP contribution in [0.1, 0.15) is 31.2 Å². The molecule has 13 heteroatoms. The molecule has 4 rings (SSSR count). The summed E-state index contributed by atoms with van der Waals surface area (Å²) < 4.78 is 22.8. The van der Waals surface area contributed by atoms with Crippen LogP contribution in [0.2, 0.25) is 0 Å². The van der Waals surface area contributed by atoms with Crippen LogP contribution in [-0.4, -0.2) is 77.8 Å². The monoisotopic (exact) mass is 443 g/mol. The number of nitrogens with zero attached hydrogens (tertiary/aromatic N) is 4. The van der Waals surface area contributed by atoms with Crippen LogP contribution in [0.15, 0.2) is 6.07 Å². The van der Waals surface area contributed by atoms with E-state index in [1.165, 1.54) is 23.9 Å². The molecule has 3 heterocycles. The van der Waals surface area contributed by atoms with Gasteiger partial charge in [-0.05, 0) is 31.7 Å². The van der Waals surface area contributed by atoms with Crippen LogP contribution >= 0.6 is 7.60 Å². The van der Waals surface area contributed by atoms with Gasteiger partial charge in [-0.1, -0.05) is 11.6 Å². The summed E-state index contributed by atoms with van der Waals surface area (Å²) in [5.41, 5.74) is 2.47. The third-order valence-corrected chi connectivity index (χ3v) is 6.01. The van der Waals surface area contributed by atoms with Gasteiger partial charge in [-0.25, -0.2) is 4.98 Å². The van der Waals surface area contributed by atoms with Crippen LogP contribution in [0.3, 0.4) is 0 Å². The topological polar surface area (TPSA) is 172 Å². The maximum atomic E-state index is 10.9. The normalized spacial score (nSPS) is 27.5. The van der Waals surface area contributed by atoms with Crippen molar-refractivity contribution in [3.63, 3.8) is 0 Å². The fourth-order valence-electron chi connectivity index (χ4n) is 3.66. The number of hydrogen-bond donors (Lipinski definition) is 5. The van der Waals surface area contributed by atoms with Crippen molar-refractivity contribution in [1.82, 2.24) is 20.0 Å². The van der Waals surface area contributed by atoms with Crippen LogP contribution in [-0.2, 0) is 14.0 Å². The second-order valence-corrected chi connectivity index (χ2v) is 9.49. The molecule has 1 aliphatic carbocycles. The molecule has 0 unspecified atom stereocenters. The first kappa shape index (κ1) is 21.6. The lowest BCUT2D eigenvalue weighted by molar-refractivity contribution is -0.0665. The van der Waals surface area contributed by atoms with Crippen LogP contribution in [0, 0.1) is 12.8 Å². The Bertz CT molecular complexity index is 946. The summed E-state index contributed by atoms with van der Waals surface area (Å²) in [7, 11) is -4.34. The summed E-state index contributed by atoms with van der Waals surface area (Å²) in [4.78, 5) is 22.2. The standard InChI is InChI=1S/C17H26N5O7P/c1-9-5-11(18-6-10-3-2-4-10)13-16(19-9)22(21-20-13)17-15(24)14(23)12(29-17)7-28-8-30(25,26)27/h5,10,12,14-15,17,23-24H,2-4,6-8H2,1H3,(H,18,19)(H2,25,26,27)/t12-,14-,15-,17-/m1/s1. The van der Waals surface area contributed by atoms with Crippen molar-refractivity contribution in [3.8, 4) is 0 Å². The lowest BCUT2D eigenvalue weighted by Gasteiger charge is -2.25. The van der Waals surface area contributed by atoms with Gasteiger partial charge in [0.25, 0.3) is 0 Å². The molecule has 2 aromatic rings. The molecular weight excluding hydrogens is 417 g/mol. The van der Waals surface area contributed by atoms with E-state index in [-0.39, 0.29) is 6.61 Å². The van der Waals surface area contributed by atoms with E-state index in [1.54, 1.807) is 0 Å². The Hall–Kier alpha value is -1.66. The summed E-state index contributed by atoms with van der Waals surface area (Å²) in [5.74, 6) is 0.646. The second-order valence-electron chi connectivity index (χ2n) is 7.91. The molecule has 0 bridgehead atoms. The molecule has 2 aliphatic rings. The molecule has 166 valence electrons. The van der Waals surface area contributed by atoms with Gasteiger partial charge in [0.2, 0.25) is 0 Å². The number of aromatic nitrogens is 4. The van der Waals surface area contributed by atoms with E-state index >= 15 is 0 Å². The van der Waals surface area contributed by atoms with Crippen molar-refractivity contribution in [1.29, 1.82) is 0 Å². The summed E-state index contributed by atoms with van der Waals surface area (Å²) in [6, 6.07) is 1.89. The van der Waals surface area contributed by atoms with Crippen LogP contribution < -0.4 is 5.32 Å². The van der Waals surface area contributed by atoms with Gasteiger partial charge in [0.15, 0.2) is 17.4 Å². The molecule has 4 atom stereocenters. The number of ether oxygens (including phenoxy) is 2. The first-order valence-corrected chi connectivity index (χ1v) is 11.6. The van der Waals surface area contributed by atoms with Gasteiger partial charge in [-0.3, -0.25) is 4.57 Å². The number of aryl methyl sites for hydroxylation is 1. The summed E-state index contributed by atoms with van der Waals surface area (Å²) in [5, 5.41) is 32.4. The van der Waals surface area contributed by atoms with E-state index in [4.69, 9.17) is 19.3 Å². The maximum Gasteiger partial charge on any atom is 0.350 e. The summed E-state index contributed by atoms with van der Waals surface area (Å²) in [6.07, 6.45) is -1.86. The quantitative estimate of drug-likeness (QED) is 0.351. The molecule has 12 nitrogen and oxygen atoms in total. The minimum absolute atomic E-state index is 0.298. The second kappa shape index (κ2) is 8.46. The Morgan fingerprint density at radius 2 is 2.10 bits per heavy atom. The number of nitrogens with one attached hydrogen (secondary N) is 1. The van der Waals surface area contributed by atoms with Crippen LogP contribution in [0.25, 0.3) is 11.2 Å². The van der Waals surface area contributed by atoms with Crippen molar-refractivity contribution in [2.75, 3.05) is 24.8 Å². The van der Waals surface area contributed by atoms with Gasteiger partial charge < -0.3 is 34.8 Å². The summed E-state index contributed by atoms with van der Waals surface area (Å²) in [6.45, 7) is 2.38. The highest BCUT2D eigenvalue weighted by Crippen LogP contribution is 2.36. The number of pyridine rings is 1. The van der Waals surface area contributed by atoms with Crippen LogP contribution in [0.4, 0.5) is 5.69 Å². The Balaban J connectivity index is 1.52. The van der Waals surface area contributed by atoms with Gasteiger partial charge in [0.05, 0.1) is 12.3 Å². The molecule has 1 aliphatic heterocycles. The van der Waals surface area contributed by atoms with Crippen molar-refractivity contribution < 1.29 is 34.0 Å². The Morgan fingerprint density at radius 3 is 2.77 bits per heavy atom. The molecule has 1 saturated carbocycles. The van der Waals surface area contributed by atoms with Gasteiger partial charge in [0, 0.05) is 12.2 Å². The molecule has 1 saturated heterocycles. The smallest absolute Gasteiger partial charge is 0.350 e. The van der Waals surface area contributed by atoms with E-state index in [2.05, 4.69) is 20.6 Å². The first-order chi connectivity index (χ1) is 14.2. The molecule has 0 amide bonds. The van der Waals surface area contributed by atoms with E-state index in [0.717, 1.165) is 17.9 Å². The lowest BCUT2D eigenvalue weighted by atomic mass is 9.85. The maximum absolute atomic E-state index is 10.9. The molecule has 0 radical (unpaired) electrons. The zero-order valence-electron chi connectivity index (χ0n) is 16.5. The third-order valence-electron chi connectivity index (χ3n) is 5.49. The number of aliphatic hydroxyl groups excluding tert-OH is 2. The van der Waals surface area contributed by atoms with Crippen LogP contribution in [0.5, 0.6) is 0 Å². The van der Waals surface area contributed by atoms with E-state index in [9.17, 15) is 14.8 Å². The zero-order valence-corrected chi connectivity index (χ0v) is 17.4. The third kappa shape index (κ3) is 4.50. The fraction of sp³-hybridized carbons (Fsp3) is 0.706. The Kier molecular flexibility index (Phi) is 6.08. The highest BCUT2D eigenvalue weighted by atomic mass is 31.2. The molecule has 0 spiro atoms. The SMILES string of the molecule is Cc1cc(NCC2CCC2)c2nnn([C@@H]3O[C@H](COCP(=O)(O)O)[C@@H](O)[C@H]3O)c2n1. The Morgan fingerprint density at radius 1 is 1.33 bits per heavy atom. The largest absolute Gasteiger partial charge is 0.387 e. The molecule has 30 heavy (non-hydrogen) atoms. The summed E-state index contributed by atoms with van der Waals surface area (Å²) >= 11 is 0. The number of anilines is 1. The van der Waals surface area contributed by atoms with E-state index < -0.39 is 38.5 Å². The van der Waals surface area contributed by atoms with E-state index in [1.807, 2.05) is 13.0 Å². The van der Waals surface area contributed by atoms with E-state index in [0.29, 0.717) is 17.1 Å². The highest BCUT2D eigenvalue weighted by molar-refractivity contribution is 7.51. The average Bonchev–Trinajstić information content (AvgIpc) is 3.15. The minimum Gasteiger partial charge on any atom is -0.387 e. The van der Waals surface area contributed by atoms with Gasteiger partial charge >= 0.3 is 7.60 Å². The minimum atomic E-state index is -4.34. The zero-order chi connectivity index (χ0) is 21.5. The first-order valence-electron chi connectivity index (χ1n) is 9.83. The number of fused-ring (bicyclic) bond motifs is 1.